The highest BCUT2D eigenvalue weighted by Gasteiger charge is 2.25. The highest BCUT2D eigenvalue weighted by molar-refractivity contribution is 8.18. The molecule has 0 heterocycles. The van der Waals surface area contributed by atoms with Crippen LogP contribution in [0.1, 0.15) is 0 Å². The summed E-state index contributed by atoms with van der Waals surface area (Å²) in [6.07, 6.45) is 0. The topological polar surface area (TPSA) is 46.2 Å². The van der Waals surface area contributed by atoms with Crippen molar-refractivity contribution in [3.8, 4) is 0 Å². The number of benzene rings is 1. The fraction of sp³-hybridized carbons (Fsp3) is 0.250. The summed E-state index contributed by atoms with van der Waals surface area (Å²) in [4.78, 5) is 0. The van der Waals surface area contributed by atoms with E-state index in [9.17, 15) is 8.42 Å². The minimum atomic E-state index is -3.20. The van der Waals surface area contributed by atoms with Crippen molar-refractivity contribution >= 4 is 21.3 Å². The van der Waals surface area contributed by atoms with Gasteiger partial charge in [-0.2, -0.15) is 0 Å². The van der Waals surface area contributed by atoms with Gasteiger partial charge in [0.25, 0.3) is 0 Å². The van der Waals surface area contributed by atoms with Crippen LogP contribution < -0.4 is 10.2 Å². The Morgan fingerprint density at radius 1 is 1.23 bits per heavy atom. The van der Waals surface area contributed by atoms with Crippen LogP contribution in [0.5, 0.6) is 0 Å². The molecule has 0 aliphatic carbocycles. The molecule has 5 heteroatoms. The molecule has 0 fully saturated rings. The minimum Gasteiger partial charge on any atom is -0.228 e. The van der Waals surface area contributed by atoms with Crippen molar-refractivity contribution in [1.29, 1.82) is 0 Å². The Morgan fingerprint density at radius 2 is 1.77 bits per heavy atom. The lowest BCUT2D eigenvalue weighted by molar-refractivity contribution is 0.601. The number of nitrogens with one attached hydrogen (secondary N) is 1. The number of rotatable bonds is 3. The average Bonchev–Trinajstić information content (AvgIpc) is 2.18. The molecule has 0 saturated carbocycles. The lowest BCUT2D eigenvalue weighted by Crippen LogP contribution is -2.42. The Bertz CT molecular complexity index is 363. The maximum Gasteiger partial charge on any atom is 0.340 e. The molecule has 0 atom stereocenters. The van der Waals surface area contributed by atoms with Crippen LogP contribution in [0.2, 0.25) is 6.82 Å². The summed E-state index contributed by atoms with van der Waals surface area (Å²) in [5.74, 6) is -0.501. The molecule has 1 aromatic carbocycles. The predicted octanol–water partition coefficient (Wildman–Crippen LogP) is 0.0641. The van der Waals surface area contributed by atoms with Gasteiger partial charge in [-0.25, -0.2) is 13.1 Å². The van der Waals surface area contributed by atoms with Gasteiger partial charge in [-0.3, -0.25) is 0 Å². The van der Waals surface area contributed by atoms with Crippen molar-refractivity contribution in [1.82, 2.24) is 4.72 Å². The summed E-state index contributed by atoms with van der Waals surface area (Å²) in [5.41, 5.74) is 0.803. The maximum atomic E-state index is 11.4. The largest absolute Gasteiger partial charge is 0.340 e. The molecule has 3 nitrogen and oxygen atoms in total. The van der Waals surface area contributed by atoms with Crippen LogP contribution in [-0.2, 0) is 9.87 Å². The Morgan fingerprint density at radius 3 is 2.23 bits per heavy atom. The van der Waals surface area contributed by atoms with E-state index in [1.165, 1.54) is 7.05 Å². The molecular formula is C8H12BNO2S. The molecule has 0 spiro atoms. The van der Waals surface area contributed by atoms with E-state index in [0.29, 0.717) is 0 Å². The Kier molecular flexibility index (Phi) is 3.11. The zero-order valence-corrected chi connectivity index (χ0v) is 8.51. The number of hydrogen-bond acceptors (Lipinski definition) is 2. The van der Waals surface area contributed by atoms with Gasteiger partial charge in [0.05, 0.1) is 0 Å². The lowest BCUT2D eigenvalue weighted by atomic mass is 9.71. The van der Waals surface area contributed by atoms with Crippen molar-refractivity contribution in [3.63, 3.8) is 0 Å². The van der Waals surface area contributed by atoms with Crippen molar-refractivity contribution in [2.75, 3.05) is 7.05 Å². The first-order valence-electron chi connectivity index (χ1n) is 4.05. The Hall–Kier alpha value is -0.805. The molecule has 0 aliphatic heterocycles. The molecule has 0 saturated heterocycles. The van der Waals surface area contributed by atoms with Crippen molar-refractivity contribution in [3.05, 3.63) is 30.3 Å². The predicted molar refractivity (Wildman–Crippen MR) is 55.7 cm³/mol. The molecule has 1 rings (SSSR count). The van der Waals surface area contributed by atoms with Crippen LogP contribution in [0.4, 0.5) is 0 Å². The zero-order chi connectivity index (χ0) is 9.90. The Balaban J connectivity index is 2.99. The van der Waals surface area contributed by atoms with E-state index in [0.717, 1.165) is 5.46 Å². The van der Waals surface area contributed by atoms with E-state index in [1.54, 1.807) is 19.0 Å². The summed E-state index contributed by atoms with van der Waals surface area (Å²) >= 11 is 0. The van der Waals surface area contributed by atoms with Gasteiger partial charge in [0.1, 0.15) is 0 Å². The van der Waals surface area contributed by atoms with Gasteiger partial charge in [-0.15, -0.1) is 0 Å². The summed E-state index contributed by atoms with van der Waals surface area (Å²) < 4.78 is 25.1. The van der Waals surface area contributed by atoms with Gasteiger partial charge in [-0.05, 0) is 7.05 Å². The summed E-state index contributed by atoms with van der Waals surface area (Å²) in [6, 6.07) is 9.13. The standard InChI is InChI=1S/C8H12BNO2S/c1-9(13(11,12)10-2)8-6-4-3-5-7-8/h3-7,10H,1-2H3. The first-order valence-corrected chi connectivity index (χ1v) is 5.60. The van der Waals surface area contributed by atoms with E-state index >= 15 is 0 Å². The highest BCUT2D eigenvalue weighted by Crippen LogP contribution is 1.94. The SMILES string of the molecule is CNS(=O)(=O)B(C)c1ccccc1. The summed E-state index contributed by atoms with van der Waals surface area (Å²) in [7, 11) is -1.78. The summed E-state index contributed by atoms with van der Waals surface area (Å²) in [5, 5.41) is 0. The minimum absolute atomic E-state index is 0.501. The first-order chi connectivity index (χ1) is 6.08. The Labute approximate surface area is 79.2 Å². The zero-order valence-electron chi connectivity index (χ0n) is 7.69. The highest BCUT2D eigenvalue weighted by atomic mass is 32.2. The third kappa shape index (κ3) is 2.32. The van der Waals surface area contributed by atoms with E-state index in [2.05, 4.69) is 4.72 Å². The molecule has 0 radical (unpaired) electrons. The monoisotopic (exact) mass is 197 g/mol. The van der Waals surface area contributed by atoms with Crippen LogP contribution in [0.3, 0.4) is 0 Å². The molecule has 1 N–H and O–H groups in total. The second-order valence-corrected chi connectivity index (χ2v) is 5.01. The molecule has 0 aromatic heterocycles. The van der Waals surface area contributed by atoms with Gasteiger partial charge >= 0.3 is 5.99 Å². The quantitative estimate of drug-likeness (QED) is 0.696. The fourth-order valence-electron chi connectivity index (χ4n) is 1.08. The maximum absolute atomic E-state index is 11.4. The third-order valence-corrected chi connectivity index (χ3v) is 3.79. The third-order valence-electron chi connectivity index (χ3n) is 2.02. The van der Waals surface area contributed by atoms with E-state index < -0.39 is 15.9 Å². The summed E-state index contributed by atoms with van der Waals surface area (Å²) in [6.45, 7) is 1.67. The molecule has 1 aromatic rings. The normalized spacial score (nSPS) is 11.2. The second kappa shape index (κ2) is 3.94. The van der Waals surface area contributed by atoms with Crippen LogP contribution in [0, 0.1) is 0 Å². The lowest BCUT2D eigenvalue weighted by Gasteiger charge is -2.07. The first kappa shape index (κ1) is 10.3. The van der Waals surface area contributed by atoms with Crippen LogP contribution >= 0.6 is 0 Å². The van der Waals surface area contributed by atoms with Gasteiger partial charge in [0.15, 0.2) is 9.87 Å². The van der Waals surface area contributed by atoms with Crippen LogP contribution in [-0.4, -0.2) is 21.5 Å². The molecule has 0 aliphatic rings. The molecule has 0 amide bonds. The van der Waals surface area contributed by atoms with Gasteiger partial charge in [-0.1, -0.05) is 42.6 Å². The van der Waals surface area contributed by atoms with Crippen molar-refractivity contribution in [2.45, 2.75) is 6.82 Å². The van der Waals surface area contributed by atoms with E-state index in [1.807, 2.05) is 18.2 Å². The van der Waals surface area contributed by atoms with Crippen molar-refractivity contribution in [2.24, 2.45) is 0 Å². The molecule has 13 heavy (non-hydrogen) atoms. The van der Waals surface area contributed by atoms with E-state index in [-0.39, 0.29) is 0 Å². The van der Waals surface area contributed by atoms with Gasteiger partial charge in [0.2, 0.25) is 0 Å². The second-order valence-electron chi connectivity index (χ2n) is 2.80. The van der Waals surface area contributed by atoms with Crippen LogP contribution in [0.15, 0.2) is 30.3 Å². The van der Waals surface area contributed by atoms with E-state index in [4.69, 9.17) is 0 Å². The number of hydrogen-bond donors (Lipinski definition) is 1. The fourth-order valence-corrected chi connectivity index (χ4v) is 1.95. The van der Waals surface area contributed by atoms with Crippen LogP contribution in [0.25, 0.3) is 0 Å². The molecule has 0 unspecified atom stereocenters. The van der Waals surface area contributed by atoms with Crippen molar-refractivity contribution < 1.29 is 8.42 Å². The van der Waals surface area contributed by atoms with Gasteiger partial charge in [0, 0.05) is 0 Å². The van der Waals surface area contributed by atoms with Gasteiger partial charge < -0.3 is 0 Å². The average molecular weight is 197 g/mol. The molecule has 0 bridgehead atoms. The molecule has 70 valence electrons. The molecular weight excluding hydrogens is 185 g/mol. The smallest absolute Gasteiger partial charge is 0.228 e.